The lowest BCUT2D eigenvalue weighted by molar-refractivity contribution is -0.149. The summed E-state index contributed by atoms with van der Waals surface area (Å²) in [6.07, 6.45) is 6.43. The van der Waals surface area contributed by atoms with Crippen molar-refractivity contribution in [1.29, 1.82) is 5.26 Å². The molecule has 1 aromatic heterocycles. The van der Waals surface area contributed by atoms with Gasteiger partial charge in [0.25, 0.3) is 5.91 Å². The third-order valence-corrected chi connectivity index (χ3v) is 9.03. The molecule has 2 N–H and O–H groups in total. The smallest absolute Gasteiger partial charge is 0.251 e. The second-order valence-electron chi connectivity index (χ2n) is 11.4. The zero-order valence-corrected chi connectivity index (χ0v) is 22.2. The fourth-order valence-corrected chi connectivity index (χ4v) is 6.82. The third kappa shape index (κ3) is 5.55. The second kappa shape index (κ2) is 11.0. The van der Waals surface area contributed by atoms with Gasteiger partial charge in [0.15, 0.2) is 0 Å². The largest absolute Gasteiger partial charge is 0.392 e. The molecule has 2 aliphatic rings. The second-order valence-corrected chi connectivity index (χ2v) is 11.4. The number of nitrogens with zero attached hydrogens (tertiary/aromatic N) is 3. The van der Waals surface area contributed by atoms with Crippen molar-refractivity contribution in [2.24, 2.45) is 29.1 Å². The SMILES string of the molecule is C[C@H]1[C@@H]2[C@@H](O)[C@@H]([C@H](C)C(=O)N(C)Cc3cccnc3)CC[C@@]2(C)CC[C@@H]1NC(=O)c1ccc(C#N)cc1. The number of aliphatic hydroxyl groups excluding tert-OH is 1. The van der Waals surface area contributed by atoms with E-state index in [4.69, 9.17) is 5.26 Å². The van der Waals surface area contributed by atoms with Crippen molar-refractivity contribution in [2.45, 2.75) is 65.1 Å². The van der Waals surface area contributed by atoms with Crippen LogP contribution in [0.25, 0.3) is 0 Å². The average Bonchev–Trinajstić information content (AvgIpc) is 2.90. The van der Waals surface area contributed by atoms with Crippen molar-refractivity contribution in [2.75, 3.05) is 7.05 Å². The van der Waals surface area contributed by atoms with E-state index in [1.165, 1.54) is 0 Å². The van der Waals surface area contributed by atoms with Gasteiger partial charge in [-0.15, -0.1) is 0 Å². The highest BCUT2D eigenvalue weighted by atomic mass is 16.3. The van der Waals surface area contributed by atoms with Gasteiger partial charge in [-0.25, -0.2) is 0 Å². The maximum atomic E-state index is 13.3. The van der Waals surface area contributed by atoms with Crippen LogP contribution < -0.4 is 5.32 Å². The molecular formula is C30H38N4O3. The number of aromatic nitrogens is 1. The first-order chi connectivity index (χ1) is 17.6. The van der Waals surface area contributed by atoms with Gasteiger partial charge < -0.3 is 15.3 Å². The Hall–Kier alpha value is -3.24. The van der Waals surface area contributed by atoms with Gasteiger partial charge in [0.2, 0.25) is 5.91 Å². The van der Waals surface area contributed by atoms with Crippen LogP contribution in [-0.4, -0.2) is 46.0 Å². The van der Waals surface area contributed by atoms with E-state index in [0.29, 0.717) is 17.7 Å². The Bertz CT molecular complexity index is 1150. The molecule has 4 rings (SSSR count). The molecule has 0 bridgehead atoms. The van der Waals surface area contributed by atoms with Crippen LogP contribution in [-0.2, 0) is 11.3 Å². The highest BCUT2D eigenvalue weighted by molar-refractivity contribution is 5.94. The summed E-state index contributed by atoms with van der Waals surface area (Å²) in [6.45, 7) is 6.81. The number of fused-ring (bicyclic) bond motifs is 1. The van der Waals surface area contributed by atoms with Crippen molar-refractivity contribution in [1.82, 2.24) is 15.2 Å². The van der Waals surface area contributed by atoms with Crippen LogP contribution >= 0.6 is 0 Å². The lowest BCUT2D eigenvalue weighted by Gasteiger charge is -2.56. The Balaban J connectivity index is 1.44. The number of hydrogen-bond donors (Lipinski definition) is 2. The Morgan fingerprint density at radius 1 is 1.24 bits per heavy atom. The van der Waals surface area contributed by atoms with E-state index in [1.807, 2.05) is 26.1 Å². The predicted molar refractivity (Wildman–Crippen MR) is 141 cm³/mol. The first-order valence-corrected chi connectivity index (χ1v) is 13.3. The summed E-state index contributed by atoms with van der Waals surface area (Å²) in [5.41, 5.74) is 2.00. The number of carbonyl (C=O) groups is 2. The fourth-order valence-electron chi connectivity index (χ4n) is 6.82. The Kier molecular flexibility index (Phi) is 7.99. The molecule has 2 amide bonds. The van der Waals surface area contributed by atoms with Gasteiger partial charge in [-0.2, -0.15) is 5.26 Å². The molecule has 7 heteroatoms. The highest BCUT2D eigenvalue weighted by Crippen LogP contribution is 2.55. The van der Waals surface area contributed by atoms with Crippen LogP contribution in [0.4, 0.5) is 0 Å². The van der Waals surface area contributed by atoms with E-state index >= 15 is 0 Å². The van der Waals surface area contributed by atoms with Gasteiger partial charge in [-0.1, -0.05) is 26.8 Å². The molecule has 0 spiro atoms. The molecule has 2 saturated carbocycles. The molecule has 1 aromatic carbocycles. The number of nitriles is 1. The molecular weight excluding hydrogens is 464 g/mol. The molecule has 0 saturated heterocycles. The van der Waals surface area contributed by atoms with Gasteiger partial charge in [0.05, 0.1) is 17.7 Å². The molecule has 0 unspecified atom stereocenters. The summed E-state index contributed by atoms with van der Waals surface area (Å²) in [5.74, 6) is -0.503. The van der Waals surface area contributed by atoms with Gasteiger partial charge >= 0.3 is 0 Å². The monoisotopic (exact) mass is 502 g/mol. The normalized spacial score (nSPS) is 29.9. The van der Waals surface area contributed by atoms with Gasteiger partial charge in [-0.3, -0.25) is 14.6 Å². The first-order valence-electron chi connectivity index (χ1n) is 13.3. The molecule has 0 aliphatic heterocycles. The molecule has 7 atom stereocenters. The number of aliphatic hydroxyl groups is 1. The highest BCUT2D eigenvalue weighted by Gasteiger charge is 2.54. The molecule has 0 radical (unpaired) electrons. The average molecular weight is 503 g/mol. The lowest BCUT2D eigenvalue weighted by atomic mass is 9.51. The summed E-state index contributed by atoms with van der Waals surface area (Å²) in [7, 11) is 1.81. The van der Waals surface area contributed by atoms with Crippen LogP contribution in [0.1, 0.15) is 67.9 Å². The number of benzene rings is 1. The summed E-state index contributed by atoms with van der Waals surface area (Å²) in [5, 5.41) is 23.9. The Morgan fingerprint density at radius 2 is 1.95 bits per heavy atom. The summed E-state index contributed by atoms with van der Waals surface area (Å²) in [6, 6.07) is 12.5. The molecule has 2 fully saturated rings. The number of pyridine rings is 1. The molecule has 196 valence electrons. The van der Waals surface area contributed by atoms with E-state index in [1.54, 1.807) is 41.6 Å². The van der Waals surface area contributed by atoms with Gasteiger partial charge in [0.1, 0.15) is 0 Å². The summed E-state index contributed by atoms with van der Waals surface area (Å²) >= 11 is 0. The van der Waals surface area contributed by atoms with Gasteiger partial charge in [-0.05, 0) is 84.7 Å². The van der Waals surface area contributed by atoms with E-state index in [0.717, 1.165) is 31.2 Å². The molecule has 37 heavy (non-hydrogen) atoms. The Morgan fingerprint density at radius 3 is 2.59 bits per heavy atom. The minimum atomic E-state index is -0.617. The fraction of sp³-hybridized carbons (Fsp3) is 0.533. The molecule has 2 aromatic rings. The van der Waals surface area contributed by atoms with Crippen LogP contribution in [0, 0.1) is 40.4 Å². The number of amides is 2. The van der Waals surface area contributed by atoms with Crippen LogP contribution in [0.15, 0.2) is 48.8 Å². The topological polar surface area (TPSA) is 106 Å². The summed E-state index contributed by atoms with van der Waals surface area (Å²) in [4.78, 5) is 32.2. The number of carbonyl (C=O) groups excluding carboxylic acids is 2. The number of rotatable bonds is 6. The maximum absolute atomic E-state index is 13.3. The van der Waals surface area contributed by atoms with E-state index in [9.17, 15) is 14.7 Å². The lowest BCUT2D eigenvalue weighted by Crippen LogP contribution is -2.58. The Labute approximate surface area is 219 Å². The van der Waals surface area contributed by atoms with E-state index in [2.05, 4.69) is 30.2 Å². The number of nitrogens with one attached hydrogen (secondary N) is 1. The van der Waals surface area contributed by atoms with Crippen molar-refractivity contribution in [3.63, 3.8) is 0 Å². The molecule has 2 aliphatic carbocycles. The van der Waals surface area contributed by atoms with E-state index < -0.39 is 6.10 Å². The molecule has 7 nitrogen and oxygen atoms in total. The van der Waals surface area contributed by atoms with Crippen molar-refractivity contribution < 1.29 is 14.7 Å². The van der Waals surface area contributed by atoms with Gasteiger partial charge in [0, 0.05) is 43.5 Å². The molecule has 1 heterocycles. The first kappa shape index (κ1) is 26.8. The quantitative estimate of drug-likeness (QED) is 0.617. The zero-order valence-electron chi connectivity index (χ0n) is 22.2. The standard InChI is InChI=1S/C30H38N4O3/c1-19(29(37)34(4)18-22-6-5-15-32-17-22)24-11-13-30(3)14-12-25(20(2)26(30)27(24)35)33-28(36)23-9-7-21(16-31)8-10-23/h5-10,15,17,19-20,24-27,35H,11-14,18H2,1-4H3,(H,33,36)/t19-,20+,24+,25-,26+,27-,30-/m0/s1. The van der Waals surface area contributed by atoms with Crippen LogP contribution in [0.2, 0.25) is 0 Å². The third-order valence-electron chi connectivity index (χ3n) is 9.03. The summed E-state index contributed by atoms with van der Waals surface area (Å²) < 4.78 is 0. The van der Waals surface area contributed by atoms with Crippen molar-refractivity contribution in [3.05, 3.63) is 65.5 Å². The number of hydrogen-bond acceptors (Lipinski definition) is 5. The van der Waals surface area contributed by atoms with Crippen LogP contribution in [0.5, 0.6) is 0 Å². The van der Waals surface area contributed by atoms with E-state index in [-0.39, 0.29) is 46.9 Å². The minimum Gasteiger partial charge on any atom is -0.392 e. The minimum absolute atomic E-state index is 0.00913. The van der Waals surface area contributed by atoms with Crippen molar-refractivity contribution >= 4 is 11.8 Å². The predicted octanol–water partition coefficient (Wildman–Crippen LogP) is 4.17. The maximum Gasteiger partial charge on any atom is 0.251 e. The van der Waals surface area contributed by atoms with Crippen LogP contribution in [0.3, 0.4) is 0 Å². The van der Waals surface area contributed by atoms with Crippen molar-refractivity contribution in [3.8, 4) is 6.07 Å². The zero-order chi connectivity index (χ0) is 26.7.